The average molecular weight is 594 g/mol. The summed E-state index contributed by atoms with van der Waals surface area (Å²) in [5, 5.41) is 5.13. The molecule has 0 saturated carbocycles. The second kappa shape index (κ2) is 9.92. The second-order valence-corrected chi connectivity index (χ2v) is 13.7. The van der Waals surface area contributed by atoms with E-state index in [9.17, 15) is 0 Å². The first-order chi connectivity index (χ1) is 22.1. The molecule has 0 amide bonds. The van der Waals surface area contributed by atoms with Crippen LogP contribution in [0.25, 0.3) is 53.2 Å². The van der Waals surface area contributed by atoms with Crippen LogP contribution in [0.1, 0.15) is 25.0 Å². The number of nitrogens with zero attached hydrogens (tertiary/aromatic N) is 1. The molecule has 0 N–H and O–H groups in total. The number of rotatable bonds is 4. The third-order valence-electron chi connectivity index (χ3n) is 9.64. The molecule has 1 nitrogen and oxygen atoms in total. The second-order valence-electron chi connectivity index (χ2n) is 12.6. The molecule has 9 rings (SSSR count). The smallest absolute Gasteiger partial charge is 0.0476 e. The van der Waals surface area contributed by atoms with Crippen molar-refractivity contribution in [2.75, 3.05) is 4.90 Å². The van der Waals surface area contributed by atoms with Crippen molar-refractivity contribution in [2.24, 2.45) is 0 Å². The van der Waals surface area contributed by atoms with E-state index < -0.39 is 0 Å². The van der Waals surface area contributed by atoms with Gasteiger partial charge >= 0.3 is 0 Å². The van der Waals surface area contributed by atoms with Crippen molar-refractivity contribution >= 4 is 59.3 Å². The molecule has 1 aliphatic carbocycles. The van der Waals surface area contributed by atoms with Gasteiger partial charge in [-0.1, -0.05) is 123 Å². The molecule has 0 bridgehead atoms. The van der Waals surface area contributed by atoms with Gasteiger partial charge in [0.05, 0.1) is 0 Å². The fourth-order valence-corrected chi connectivity index (χ4v) is 8.55. The van der Waals surface area contributed by atoms with Gasteiger partial charge < -0.3 is 4.90 Å². The molecular formula is C43H31NS. The van der Waals surface area contributed by atoms with Gasteiger partial charge in [-0.3, -0.25) is 0 Å². The van der Waals surface area contributed by atoms with Crippen LogP contribution in [0, 0.1) is 0 Å². The van der Waals surface area contributed by atoms with Crippen LogP contribution in [-0.4, -0.2) is 0 Å². The van der Waals surface area contributed by atoms with Crippen LogP contribution in [0.5, 0.6) is 0 Å². The van der Waals surface area contributed by atoms with E-state index in [1.165, 1.54) is 64.3 Å². The molecule has 0 aliphatic heterocycles. The summed E-state index contributed by atoms with van der Waals surface area (Å²) in [6, 6.07) is 55.9. The van der Waals surface area contributed by atoms with Crippen LogP contribution >= 0.6 is 11.3 Å². The number of thiophene rings is 1. The zero-order chi connectivity index (χ0) is 30.1. The lowest BCUT2D eigenvalue weighted by atomic mass is 9.82. The summed E-state index contributed by atoms with van der Waals surface area (Å²) in [5.41, 5.74) is 11.4. The van der Waals surface area contributed by atoms with Crippen molar-refractivity contribution in [1.29, 1.82) is 0 Å². The third-order valence-corrected chi connectivity index (χ3v) is 10.8. The van der Waals surface area contributed by atoms with Crippen LogP contribution < -0.4 is 4.90 Å². The van der Waals surface area contributed by atoms with Crippen LogP contribution in [0.2, 0.25) is 0 Å². The van der Waals surface area contributed by atoms with Crippen LogP contribution in [0.15, 0.2) is 152 Å². The van der Waals surface area contributed by atoms with Crippen LogP contribution in [0.3, 0.4) is 0 Å². The van der Waals surface area contributed by atoms with Crippen molar-refractivity contribution in [3.63, 3.8) is 0 Å². The monoisotopic (exact) mass is 593 g/mol. The van der Waals surface area contributed by atoms with E-state index in [-0.39, 0.29) is 5.41 Å². The Balaban J connectivity index is 1.28. The molecule has 214 valence electrons. The largest absolute Gasteiger partial charge is 0.310 e. The summed E-state index contributed by atoms with van der Waals surface area (Å²) in [7, 11) is 0. The van der Waals surface area contributed by atoms with E-state index in [1.807, 2.05) is 11.3 Å². The Labute approximate surface area is 267 Å². The van der Waals surface area contributed by atoms with Crippen LogP contribution in [0.4, 0.5) is 17.1 Å². The van der Waals surface area contributed by atoms with E-state index in [2.05, 4.69) is 170 Å². The molecule has 45 heavy (non-hydrogen) atoms. The molecule has 0 atom stereocenters. The zero-order valence-corrected chi connectivity index (χ0v) is 26.1. The molecular weight excluding hydrogens is 563 g/mol. The predicted molar refractivity (Wildman–Crippen MR) is 195 cm³/mol. The van der Waals surface area contributed by atoms with Gasteiger partial charge in [-0.2, -0.15) is 0 Å². The maximum atomic E-state index is 2.44. The molecule has 0 saturated heterocycles. The number of hydrogen-bond donors (Lipinski definition) is 0. The molecule has 0 fully saturated rings. The molecule has 8 aromatic rings. The first-order valence-corrected chi connectivity index (χ1v) is 16.4. The minimum absolute atomic E-state index is 0.0856. The van der Waals surface area contributed by atoms with Crippen molar-refractivity contribution in [1.82, 2.24) is 0 Å². The van der Waals surface area contributed by atoms with Crippen molar-refractivity contribution in [3.05, 3.63) is 163 Å². The predicted octanol–water partition coefficient (Wildman–Crippen LogP) is 12.7. The molecule has 7 aromatic carbocycles. The van der Waals surface area contributed by atoms with E-state index in [0.717, 1.165) is 17.1 Å². The minimum Gasteiger partial charge on any atom is -0.310 e. The molecule has 0 unspecified atom stereocenters. The summed E-state index contributed by atoms with van der Waals surface area (Å²) < 4.78 is 2.63. The van der Waals surface area contributed by atoms with Gasteiger partial charge in [0.15, 0.2) is 0 Å². The molecule has 1 aromatic heterocycles. The van der Waals surface area contributed by atoms with E-state index in [4.69, 9.17) is 0 Å². The number of hydrogen-bond acceptors (Lipinski definition) is 2. The highest BCUT2D eigenvalue weighted by Gasteiger charge is 2.37. The Morgan fingerprint density at radius 1 is 0.467 bits per heavy atom. The first-order valence-electron chi connectivity index (χ1n) is 15.6. The highest BCUT2D eigenvalue weighted by atomic mass is 32.1. The van der Waals surface area contributed by atoms with E-state index >= 15 is 0 Å². The lowest BCUT2D eigenvalue weighted by Gasteiger charge is -2.27. The summed E-state index contributed by atoms with van der Waals surface area (Å²) >= 11 is 1.87. The summed E-state index contributed by atoms with van der Waals surface area (Å²) in [5.74, 6) is 0. The van der Waals surface area contributed by atoms with Crippen molar-refractivity contribution < 1.29 is 0 Å². The molecule has 0 spiro atoms. The number of anilines is 3. The summed E-state index contributed by atoms with van der Waals surface area (Å²) in [6.45, 7) is 4.73. The summed E-state index contributed by atoms with van der Waals surface area (Å²) in [4.78, 5) is 2.44. The van der Waals surface area contributed by atoms with Crippen molar-refractivity contribution in [3.8, 4) is 22.3 Å². The van der Waals surface area contributed by atoms with Crippen LogP contribution in [-0.2, 0) is 5.41 Å². The van der Waals surface area contributed by atoms with Crippen molar-refractivity contribution in [2.45, 2.75) is 19.3 Å². The van der Waals surface area contributed by atoms with Gasteiger partial charge in [-0.25, -0.2) is 0 Å². The number of fused-ring (bicyclic) bond motifs is 7. The Hall–Kier alpha value is -5.18. The highest BCUT2D eigenvalue weighted by molar-refractivity contribution is 7.25. The Morgan fingerprint density at radius 2 is 1.16 bits per heavy atom. The maximum Gasteiger partial charge on any atom is 0.0476 e. The fourth-order valence-electron chi connectivity index (χ4n) is 7.41. The standard InChI is InChI=1S/C43H31NS/c1-43(2)38-24-22-32(26-37(38)42-34(16-10-17-39(42)43)29-12-4-3-5-13-29)44(31-20-19-28-11-6-7-14-30(28)25-31)33-21-23-36-35-15-8-9-18-40(35)45-41(36)27-33/h3-27H,1-2H3. The molecule has 1 heterocycles. The topological polar surface area (TPSA) is 3.24 Å². The summed E-state index contributed by atoms with van der Waals surface area (Å²) in [6.07, 6.45) is 0. The lowest BCUT2D eigenvalue weighted by Crippen LogP contribution is -2.15. The zero-order valence-electron chi connectivity index (χ0n) is 25.3. The highest BCUT2D eigenvalue weighted by Crippen LogP contribution is 2.54. The normalized spacial score (nSPS) is 13.3. The van der Waals surface area contributed by atoms with Gasteiger partial charge in [-0.05, 0) is 86.6 Å². The molecule has 0 radical (unpaired) electrons. The average Bonchev–Trinajstić information content (AvgIpc) is 3.56. The maximum absolute atomic E-state index is 2.44. The van der Waals surface area contributed by atoms with E-state index in [0.29, 0.717) is 0 Å². The van der Waals surface area contributed by atoms with Gasteiger partial charge in [0, 0.05) is 42.6 Å². The van der Waals surface area contributed by atoms with Gasteiger partial charge in [-0.15, -0.1) is 11.3 Å². The molecule has 2 heteroatoms. The third kappa shape index (κ3) is 4.06. The Morgan fingerprint density at radius 3 is 2.04 bits per heavy atom. The van der Waals surface area contributed by atoms with Gasteiger partial charge in [0.1, 0.15) is 0 Å². The Kier molecular flexibility index (Phi) is 5.78. The van der Waals surface area contributed by atoms with E-state index in [1.54, 1.807) is 0 Å². The first kappa shape index (κ1) is 26.2. The lowest BCUT2D eigenvalue weighted by molar-refractivity contribution is 0.660. The quantitative estimate of drug-likeness (QED) is 0.196. The van der Waals surface area contributed by atoms with Gasteiger partial charge in [0.25, 0.3) is 0 Å². The SMILES string of the molecule is CC1(C)c2ccc(N(c3ccc4ccccc4c3)c3ccc4c(c3)sc3ccccc34)cc2-c2c(-c3ccccc3)cccc21. The number of benzene rings is 7. The Bertz CT molecular complexity index is 2410. The minimum atomic E-state index is -0.0856. The van der Waals surface area contributed by atoms with Gasteiger partial charge in [0.2, 0.25) is 0 Å². The fraction of sp³-hybridized carbons (Fsp3) is 0.0698. The molecule has 1 aliphatic rings.